The third-order valence-corrected chi connectivity index (χ3v) is 2.83. The van der Waals surface area contributed by atoms with Gasteiger partial charge in [0.05, 0.1) is 12.7 Å². The average Bonchev–Trinajstić information content (AvgIpc) is 2.43. The topological polar surface area (TPSA) is 38.3 Å². The summed E-state index contributed by atoms with van der Waals surface area (Å²) in [4.78, 5) is 11.3. The summed E-state index contributed by atoms with van der Waals surface area (Å²) >= 11 is 0. The molecule has 0 aliphatic rings. The first-order valence-electron chi connectivity index (χ1n) is 6.05. The molecule has 1 aromatic carbocycles. The number of hydrogen-bond acceptors (Lipinski definition) is 3. The summed E-state index contributed by atoms with van der Waals surface area (Å²) in [7, 11) is 1.38. The molecule has 0 saturated heterocycles. The second kappa shape index (κ2) is 7.52. The van der Waals surface area contributed by atoms with E-state index in [1.54, 1.807) is 12.1 Å². The first kappa shape index (κ1) is 14.3. The molecule has 0 spiro atoms. The minimum atomic E-state index is -0.312. The molecule has 18 heavy (non-hydrogen) atoms. The van der Waals surface area contributed by atoms with Crippen LogP contribution in [0.3, 0.4) is 0 Å². The van der Waals surface area contributed by atoms with E-state index >= 15 is 0 Å². The highest BCUT2D eigenvalue weighted by molar-refractivity contribution is 5.89. The fourth-order valence-corrected chi connectivity index (χ4v) is 1.64. The van der Waals surface area contributed by atoms with Crippen LogP contribution >= 0.6 is 0 Å². The molecule has 1 atom stereocenters. The van der Waals surface area contributed by atoms with Gasteiger partial charge in [-0.1, -0.05) is 19.1 Å². The Morgan fingerprint density at radius 2 is 2.11 bits per heavy atom. The van der Waals surface area contributed by atoms with Crippen LogP contribution in [0.4, 0.5) is 0 Å². The largest absolute Gasteiger partial charge is 0.465 e. The lowest BCUT2D eigenvalue weighted by molar-refractivity contribution is 0.0600. The normalized spacial score (nSPS) is 11.6. The molecular formula is C15H19NO2. The minimum absolute atomic E-state index is 0.312. The van der Waals surface area contributed by atoms with E-state index in [0.29, 0.717) is 11.6 Å². The predicted octanol–water partition coefficient (Wildman–Crippen LogP) is 2.36. The quantitative estimate of drug-likeness (QED) is 0.617. The lowest BCUT2D eigenvalue weighted by atomic mass is 10.1. The summed E-state index contributed by atoms with van der Waals surface area (Å²) in [6.45, 7) is 2.86. The van der Waals surface area contributed by atoms with Gasteiger partial charge in [-0.3, -0.25) is 0 Å². The highest BCUT2D eigenvalue weighted by atomic mass is 16.5. The molecule has 3 nitrogen and oxygen atoms in total. The third-order valence-electron chi connectivity index (χ3n) is 2.83. The van der Waals surface area contributed by atoms with Crippen LogP contribution in [0.25, 0.3) is 0 Å². The molecule has 0 heterocycles. The van der Waals surface area contributed by atoms with Crippen molar-refractivity contribution in [3.63, 3.8) is 0 Å². The number of hydrogen-bond donors (Lipinski definition) is 1. The molecule has 0 amide bonds. The molecule has 0 aromatic heterocycles. The standard InChI is InChI=1S/C15H19NO2/c1-4-6-14(5-2)16-11-12-7-9-13(10-8-12)15(17)18-3/h1,7-10,14,16H,5-6,11H2,2-3H3. The van der Waals surface area contributed by atoms with Crippen LogP contribution in [0.1, 0.15) is 35.7 Å². The van der Waals surface area contributed by atoms with E-state index in [0.717, 1.165) is 24.9 Å². The van der Waals surface area contributed by atoms with Crippen molar-refractivity contribution in [2.45, 2.75) is 32.4 Å². The Kier molecular flexibility index (Phi) is 5.96. The van der Waals surface area contributed by atoms with Crippen molar-refractivity contribution in [3.05, 3.63) is 35.4 Å². The second-order valence-corrected chi connectivity index (χ2v) is 4.08. The number of esters is 1. The van der Waals surface area contributed by atoms with Gasteiger partial charge in [-0.2, -0.15) is 0 Å². The number of methoxy groups -OCH3 is 1. The van der Waals surface area contributed by atoms with E-state index in [4.69, 9.17) is 6.42 Å². The van der Waals surface area contributed by atoms with Crippen LogP contribution in [0, 0.1) is 12.3 Å². The molecule has 96 valence electrons. The van der Waals surface area contributed by atoms with Crippen molar-refractivity contribution in [2.75, 3.05) is 7.11 Å². The Labute approximate surface area is 109 Å². The van der Waals surface area contributed by atoms with Crippen molar-refractivity contribution in [3.8, 4) is 12.3 Å². The van der Waals surface area contributed by atoms with Gasteiger partial charge in [-0.25, -0.2) is 4.79 Å². The zero-order valence-electron chi connectivity index (χ0n) is 10.9. The maximum atomic E-state index is 11.3. The molecule has 1 aromatic rings. The van der Waals surface area contributed by atoms with Crippen molar-refractivity contribution in [2.24, 2.45) is 0 Å². The Morgan fingerprint density at radius 3 is 2.61 bits per heavy atom. The molecular weight excluding hydrogens is 226 g/mol. The Hall–Kier alpha value is -1.79. The number of rotatable bonds is 6. The highest BCUT2D eigenvalue weighted by Crippen LogP contribution is 2.06. The first-order chi connectivity index (χ1) is 8.71. The zero-order valence-corrected chi connectivity index (χ0v) is 10.9. The van der Waals surface area contributed by atoms with Gasteiger partial charge in [0.15, 0.2) is 0 Å². The van der Waals surface area contributed by atoms with Crippen molar-refractivity contribution in [1.29, 1.82) is 0 Å². The van der Waals surface area contributed by atoms with Crippen LogP contribution in [-0.2, 0) is 11.3 Å². The molecule has 3 heteroatoms. The average molecular weight is 245 g/mol. The number of ether oxygens (including phenoxy) is 1. The van der Waals surface area contributed by atoms with Gasteiger partial charge in [0.25, 0.3) is 0 Å². The van der Waals surface area contributed by atoms with Crippen molar-refractivity contribution < 1.29 is 9.53 Å². The fourth-order valence-electron chi connectivity index (χ4n) is 1.64. The summed E-state index contributed by atoms with van der Waals surface area (Å²) < 4.78 is 4.65. The van der Waals surface area contributed by atoms with Gasteiger partial charge in [0, 0.05) is 19.0 Å². The molecule has 0 saturated carbocycles. The van der Waals surface area contributed by atoms with Gasteiger partial charge >= 0.3 is 5.97 Å². The molecule has 0 fully saturated rings. The SMILES string of the molecule is C#CCC(CC)NCc1ccc(C(=O)OC)cc1. The number of carbonyl (C=O) groups is 1. The monoisotopic (exact) mass is 245 g/mol. The molecule has 0 radical (unpaired) electrons. The molecule has 0 aliphatic carbocycles. The number of nitrogens with one attached hydrogen (secondary N) is 1. The highest BCUT2D eigenvalue weighted by Gasteiger charge is 2.06. The lowest BCUT2D eigenvalue weighted by Gasteiger charge is -2.14. The van der Waals surface area contributed by atoms with Gasteiger partial charge < -0.3 is 10.1 Å². The molecule has 1 unspecified atom stereocenters. The summed E-state index contributed by atoms with van der Waals surface area (Å²) in [5.41, 5.74) is 1.69. The smallest absolute Gasteiger partial charge is 0.337 e. The zero-order chi connectivity index (χ0) is 13.4. The van der Waals surface area contributed by atoms with Gasteiger partial charge in [0.2, 0.25) is 0 Å². The summed E-state index contributed by atoms with van der Waals surface area (Å²) in [6, 6.07) is 7.72. The van der Waals surface area contributed by atoms with Gasteiger partial charge in [-0.05, 0) is 24.1 Å². The Morgan fingerprint density at radius 1 is 1.44 bits per heavy atom. The molecule has 1 rings (SSSR count). The number of benzene rings is 1. The first-order valence-corrected chi connectivity index (χ1v) is 6.05. The number of carbonyl (C=O) groups excluding carboxylic acids is 1. The van der Waals surface area contributed by atoms with E-state index in [1.807, 2.05) is 12.1 Å². The van der Waals surface area contributed by atoms with Crippen molar-refractivity contribution >= 4 is 5.97 Å². The second-order valence-electron chi connectivity index (χ2n) is 4.08. The van der Waals surface area contributed by atoms with Gasteiger partial charge in [0.1, 0.15) is 0 Å². The summed E-state index contributed by atoms with van der Waals surface area (Å²) in [5, 5.41) is 3.39. The Bertz CT molecular complexity index is 417. The van der Waals surface area contributed by atoms with E-state index in [2.05, 4.69) is 22.9 Å². The summed E-state index contributed by atoms with van der Waals surface area (Å²) in [5.74, 6) is 2.35. The maximum absolute atomic E-state index is 11.3. The van der Waals surface area contributed by atoms with Crippen LogP contribution in [-0.4, -0.2) is 19.1 Å². The van der Waals surface area contributed by atoms with E-state index in [-0.39, 0.29) is 5.97 Å². The fraction of sp³-hybridized carbons (Fsp3) is 0.400. The van der Waals surface area contributed by atoms with Crippen LogP contribution in [0.15, 0.2) is 24.3 Å². The molecule has 0 bridgehead atoms. The number of terminal acetylenes is 1. The van der Waals surface area contributed by atoms with Crippen LogP contribution < -0.4 is 5.32 Å². The summed E-state index contributed by atoms with van der Waals surface area (Å²) in [6.07, 6.45) is 7.04. The molecule has 1 N–H and O–H groups in total. The third kappa shape index (κ3) is 4.23. The predicted molar refractivity (Wildman–Crippen MR) is 72.2 cm³/mol. The van der Waals surface area contributed by atoms with Crippen LogP contribution in [0.5, 0.6) is 0 Å². The van der Waals surface area contributed by atoms with Gasteiger partial charge in [-0.15, -0.1) is 12.3 Å². The Balaban J connectivity index is 2.54. The van der Waals surface area contributed by atoms with Crippen LogP contribution in [0.2, 0.25) is 0 Å². The van der Waals surface area contributed by atoms with Crippen molar-refractivity contribution in [1.82, 2.24) is 5.32 Å². The minimum Gasteiger partial charge on any atom is -0.465 e. The van der Waals surface area contributed by atoms with E-state index in [1.165, 1.54) is 7.11 Å². The maximum Gasteiger partial charge on any atom is 0.337 e. The van der Waals surface area contributed by atoms with E-state index < -0.39 is 0 Å². The van der Waals surface area contributed by atoms with E-state index in [9.17, 15) is 4.79 Å². The lowest BCUT2D eigenvalue weighted by Crippen LogP contribution is -2.27. The molecule has 0 aliphatic heterocycles.